The van der Waals surface area contributed by atoms with Crippen molar-refractivity contribution in [1.82, 2.24) is 10.2 Å². The molecule has 1 aromatic heterocycles. The van der Waals surface area contributed by atoms with E-state index in [2.05, 4.69) is 10.2 Å². The lowest BCUT2D eigenvalue weighted by Gasteiger charge is -1.99. The minimum Gasteiger partial charge on any atom is -0.476 e. The first-order valence-electron chi connectivity index (χ1n) is 3.14. The largest absolute Gasteiger partial charge is 0.476 e. The Bertz CT molecular complexity index is 421. The number of anilines is 1. The zero-order chi connectivity index (χ0) is 10.1. The summed E-state index contributed by atoms with van der Waals surface area (Å²) in [5, 5.41) is 14.1. The Balaban J connectivity index is 3.02. The van der Waals surface area contributed by atoms with Crippen LogP contribution in [0.2, 0.25) is 0 Å². The van der Waals surface area contributed by atoms with Gasteiger partial charge in [-0.25, -0.2) is 13.2 Å². The normalized spacial score (nSPS) is 11.2. The van der Waals surface area contributed by atoms with Crippen LogP contribution < -0.4 is 4.72 Å². The van der Waals surface area contributed by atoms with Crippen LogP contribution in [0.1, 0.15) is 10.5 Å². The maximum absolute atomic E-state index is 10.7. The number of carboxylic acid groups (broad SMARTS) is 1. The molecule has 1 heterocycles. The zero-order valence-corrected chi connectivity index (χ0v) is 7.42. The summed E-state index contributed by atoms with van der Waals surface area (Å²) in [4.78, 5) is 10.5. The van der Waals surface area contributed by atoms with Gasteiger partial charge in [-0.2, -0.15) is 5.10 Å². The van der Waals surface area contributed by atoms with Gasteiger partial charge in [0.2, 0.25) is 10.0 Å². The van der Waals surface area contributed by atoms with E-state index >= 15 is 0 Å². The SMILES string of the molecule is CS(=O)(=O)Nc1cn[nH]c1C(=O)O. The second-order valence-electron chi connectivity index (χ2n) is 2.34. The molecule has 0 aliphatic carbocycles. The summed E-state index contributed by atoms with van der Waals surface area (Å²) in [6.45, 7) is 0. The van der Waals surface area contributed by atoms with Crippen molar-refractivity contribution < 1.29 is 18.3 Å². The molecule has 72 valence electrons. The quantitative estimate of drug-likeness (QED) is 0.614. The number of hydrogen-bond donors (Lipinski definition) is 3. The summed E-state index contributed by atoms with van der Waals surface area (Å²) in [6, 6.07) is 0. The van der Waals surface area contributed by atoms with Gasteiger partial charge in [0, 0.05) is 0 Å². The molecule has 0 unspecified atom stereocenters. The summed E-state index contributed by atoms with van der Waals surface area (Å²) in [6.07, 6.45) is 2.01. The summed E-state index contributed by atoms with van der Waals surface area (Å²) < 4.78 is 23.5. The van der Waals surface area contributed by atoms with Crippen LogP contribution in [0.4, 0.5) is 5.69 Å². The van der Waals surface area contributed by atoms with Gasteiger partial charge in [-0.05, 0) is 0 Å². The molecule has 0 radical (unpaired) electrons. The molecule has 0 spiro atoms. The van der Waals surface area contributed by atoms with Crippen LogP contribution in [0.5, 0.6) is 0 Å². The molecule has 0 saturated heterocycles. The molecule has 0 atom stereocenters. The van der Waals surface area contributed by atoms with Crippen LogP contribution in [-0.4, -0.2) is 35.9 Å². The van der Waals surface area contributed by atoms with Crippen molar-refractivity contribution >= 4 is 21.7 Å². The number of hydrogen-bond acceptors (Lipinski definition) is 4. The van der Waals surface area contributed by atoms with E-state index in [0.717, 1.165) is 12.5 Å². The van der Waals surface area contributed by atoms with Gasteiger partial charge in [-0.15, -0.1) is 0 Å². The zero-order valence-electron chi connectivity index (χ0n) is 6.60. The summed E-state index contributed by atoms with van der Waals surface area (Å²) >= 11 is 0. The molecule has 0 saturated carbocycles. The maximum atomic E-state index is 10.7. The number of nitrogens with zero attached hydrogens (tertiary/aromatic N) is 1. The van der Waals surface area contributed by atoms with Gasteiger partial charge in [-0.1, -0.05) is 0 Å². The van der Waals surface area contributed by atoms with Crippen LogP contribution in [0.15, 0.2) is 6.20 Å². The van der Waals surface area contributed by atoms with Gasteiger partial charge in [0.15, 0.2) is 5.69 Å². The van der Waals surface area contributed by atoms with E-state index < -0.39 is 16.0 Å². The van der Waals surface area contributed by atoms with Crippen molar-refractivity contribution in [2.75, 3.05) is 11.0 Å². The first kappa shape index (κ1) is 9.52. The molecular weight excluding hydrogens is 198 g/mol. The van der Waals surface area contributed by atoms with E-state index in [1.165, 1.54) is 0 Å². The highest BCUT2D eigenvalue weighted by Crippen LogP contribution is 2.12. The van der Waals surface area contributed by atoms with E-state index in [1.807, 2.05) is 4.72 Å². The summed E-state index contributed by atoms with van der Waals surface area (Å²) in [5.41, 5.74) is -0.361. The van der Waals surface area contributed by atoms with Crippen molar-refractivity contribution in [2.24, 2.45) is 0 Å². The Hall–Kier alpha value is -1.57. The van der Waals surface area contributed by atoms with Crippen LogP contribution >= 0.6 is 0 Å². The monoisotopic (exact) mass is 205 g/mol. The van der Waals surface area contributed by atoms with Crippen LogP contribution in [-0.2, 0) is 10.0 Å². The van der Waals surface area contributed by atoms with Gasteiger partial charge in [0.25, 0.3) is 0 Å². The highest BCUT2D eigenvalue weighted by Gasteiger charge is 2.14. The number of aromatic nitrogens is 2. The fraction of sp³-hybridized carbons (Fsp3) is 0.200. The predicted octanol–water partition coefficient (Wildman–Crippen LogP) is -0.521. The number of carboxylic acids is 1. The van der Waals surface area contributed by atoms with E-state index in [1.54, 1.807) is 0 Å². The lowest BCUT2D eigenvalue weighted by atomic mass is 10.4. The highest BCUT2D eigenvalue weighted by molar-refractivity contribution is 7.92. The number of aromatic carboxylic acids is 1. The van der Waals surface area contributed by atoms with Crippen molar-refractivity contribution in [3.63, 3.8) is 0 Å². The number of sulfonamides is 1. The van der Waals surface area contributed by atoms with Gasteiger partial charge >= 0.3 is 5.97 Å². The lowest BCUT2D eigenvalue weighted by Crippen LogP contribution is -2.12. The first-order valence-corrected chi connectivity index (χ1v) is 5.04. The lowest BCUT2D eigenvalue weighted by molar-refractivity contribution is 0.0691. The number of nitrogens with one attached hydrogen (secondary N) is 2. The van der Waals surface area contributed by atoms with E-state index in [9.17, 15) is 13.2 Å². The van der Waals surface area contributed by atoms with Gasteiger partial charge < -0.3 is 5.11 Å². The number of rotatable bonds is 3. The van der Waals surface area contributed by atoms with Crippen molar-refractivity contribution in [1.29, 1.82) is 0 Å². The second kappa shape index (κ2) is 3.05. The second-order valence-corrected chi connectivity index (χ2v) is 4.09. The Morgan fingerprint density at radius 3 is 2.77 bits per heavy atom. The summed E-state index contributed by atoms with van der Waals surface area (Å²) in [7, 11) is -3.48. The van der Waals surface area contributed by atoms with E-state index in [4.69, 9.17) is 5.11 Å². The van der Waals surface area contributed by atoms with Crippen molar-refractivity contribution in [3.05, 3.63) is 11.9 Å². The Kier molecular flexibility index (Phi) is 2.24. The van der Waals surface area contributed by atoms with Gasteiger partial charge in [0.05, 0.1) is 12.5 Å². The molecule has 13 heavy (non-hydrogen) atoms. The fourth-order valence-corrected chi connectivity index (χ4v) is 1.28. The van der Waals surface area contributed by atoms with Crippen molar-refractivity contribution in [3.8, 4) is 0 Å². The molecule has 1 aromatic rings. The third-order valence-corrected chi connectivity index (χ3v) is 1.74. The molecule has 0 aliphatic rings. The average Bonchev–Trinajstić information content (AvgIpc) is 2.31. The number of aromatic amines is 1. The molecule has 0 fully saturated rings. The Morgan fingerprint density at radius 2 is 2.31 bits per heavy atom. The summed E-state index contributed by atoms with van der Waals surface area (Å²) in [5.74, 6) is -1.27. The Morgan fingerprint density at radius 1 is 1.69 bits per heavy atom. The van der Waals surface area contributed by atoms with Gasteiger partial charge in [-0.3, -0.25) is 9.82 Å². The Labute approximate surface area is 73.8 Å². The minimum absolute atomic E-state index is 0.0741. The number of carbonyl (C=O) groups is 1. The van der Waals surface area contributed by atoms with E-state index in [-0.39, 0.29) is 11.4 Å². The van der Waals surface area contributed by atoms with Gasteiger partial charge in [0.1, 0.15) is 5.69 Å². The van der Waals surface area contributed by atoms with Crippen LogP contribution in [0.3, 0.4) is 0 Å². The molecule has 7 nitrogen and oxygen atoms in total. The molecule has 0 amide bonds. The fourth-order valence-electron chi connectivity index (χ4n) is 0.726. The highest BCUT2D eigenvalue weighted by atomic mass is 32.2. The first-order chi connectivity index (χ1) is 5.90. The number of H-pyrrole nitrogens is 1. The van der Waals surface area contributed by atoms with E-state index in [0.29, 0.717) is 0 Å². The molecular formula is C5H7N3O4S. The van der Waals surface area contributed by atoms with Crippen molar-refractivity contribution in [2.45, 2.75) is 0 Å². The minimum atomic E-state index is -3.48. The van der Waals surface area contributed by atoms with Crippen LogP contribution in [0.25, 0.3) is 0 Å². The molecule has 0 aromatic carbocycles. The predicted molar refractivity (Wildman–Crippen MR) is 44.0 cm³/mol. The topological polar surface area (TPSA) is 112 Å². The average molecular weight is 205 g/mol. The molecule has 3 N–H and O–H groups in total. The smallest absolute Gasteiger partial charge is 0.356 e. The molecule has 8 heteroatoms. The standard InChI is InChI=1S/C5H7N3O4S/c1-13(11,12)8-3-2-6-7-4(3)5(9)10/h2,8H,1H3,(H,6,7)(H,9,10). The molecule has 1 rings (SSSR count). The third kappa shape index (κ3) is 2.44. The molecule has 0 aliphatic heterocycles. The third-order valence-electron chi connectivity index (χ3n) is 1.15. The van der Waals surface area contributed by atoms with Crippen LogP contribution in [0, 0.1) is 0 Å². The molecule has 0 bridgehead atoms. The maximum Gasteiger partial charge on any atom is 0.356 e.